The lowest BCUT2D eigenvalue weighted by molar-refractivity contribution is 0.534. The molecule has 1 saturated carbocycles. The van der Waals surface area contributed by atoms with Gasteiger partial charge in [-0.2, -0.15) is 4.98 Å². The molecule has 0 bridgehead atoms. The summed E-state index contributed by atoms with van der Waals surface area (Å²) in [5.41, 5.74) is 2.33. The van der Waals surface area contributed by atoms with E-state index in [4.69, 9.17) is 5.84 Å². The van der Waals surface area contributed by atoms with Crippen molar-refractivity contribution in [3.63, 3.8) is 0 Å². The average Bonchev–Trinajstić information content (AvgIpc) is 2.82. The molecule has 0 unspecified atom stereocenters. The Kier molecular flexibility index (Phi) is 3.73. The molecule has 1 fully saturated rings. The third-order valence-electron chi connectivity index (χ3n) is 3.22. The van der Waals surface area contributed by atoms with Crippen molar-refractivity contribution in [3.8, 4) is 0 Å². The van der Waals surface area contributed by atoms with Crippen LogP contribution in [0.3, 0.4) is 0 Å². The van der Waals surface area contributed by atoms with Gasteiger partial charge in [-0.3, -0.25) is 5.43 Å². The monoisotopic (exact) mass is 239 g/mol. The van der Waals surface area contributed by atoms with Gasteiger partial charge in [0.2, 0.25) is 5.95 Å². The summed E-state index contributed by atoms with van der Waals surface area (Å²) in [7, 11) is 1.85. The lowest BCUT2D eigenvalue weighted by Crippen LogP contribution is -2.26. The van der Waals surface area contributed by atoms with Crippen LogP contribution in [-0.2, 0) is 0 Å². The smallest absolute Gasteiger partial charge is 0.239 e. The van der Waals surface area contributed by atoms with Crippen LogP contribution < -0.4 is 16.2 Å². The fourth-order valence-electron chi connectivity index (χ4n) is 2.36. The molecule has 1 aromatic heterocycles. The van der Waals surface area contributed by atoms with Gasteiger partial charge in [0, 0.05) is 13.6 Å². The van der Waals surface area contributed by atoms with Gasteiger partial charge in [0.05, 0.1) is 6.20 Å². The first-order chi connectivity index (χ1) is 8.20. The number of rotatable bonds is 4. The summed E-state index contributed by atoms with van der Waals surface area (Å²) in [4.78, 5) is 9.60. The van der Waals surface area contributed by atoms with Crippen LogP contribution in [0.25, 0.3) is 0 Å². The van der Waals surface area contributed by atoms with Crippen LogP contribution in [0.2, 0.25) is 0 Å². The van der Waals surface area contributed by atoms with E-state index in [0.29, 0.717) is 11.7 Å². The number of aromatic nitrogens is 2. The molecule has 1 aliphatic rings. The third kappa shape index (κ3) is 2.82. The van der Waals surface area contributed by atoms with E-state index >= 15 is 0 Å². The summed E-state index contributed by atoms with van der Waals surface area (Å²) >= 11 is 0. The van der Waals surface area contributed by atoms with E-state index < -0.39 is 5.82 Å². The highest BCUT2D eigenvalue weighted by molar-refractivity contribution is 5.42. The van der Waals surface area contributed by atoms with Gasteiger partial charge < -0.3 is 4.90 Å². The van der Waals surface area contributed by atoms with Gasteiger partial charge in [0.25, 0.3) is 0 Å². The van der Waals surface area contributed by atoms with Crippen molar-refractivity contribution in [1.29, 1.82) is 0 Å². The zero-order valence-corrected chi connectivity index (χ0v) is 9.99. The normalized spacial score (nSPS) is 16.2. The van der Waals surface area contributed by atoms with Crippen LogP contribution in [-0.4, -0.2) is 23.6 Å². The average molecular weight is 239 g/mol. The molecule has 0 amide bonds. The highest BCUT2D eigenvalue weighted by Crippen LogP contribution is 2.27. The highest BCUT2D eigenvalue weighted by atomic mass is 19.1. The van der Waals surface area contributed by atoms with Crippen molar-refractivity contribution >= 4 is 11.8 Å². The van der Waals surface area contributed by atoms with E-state index in [1.54, 1.807) is 0 Å². The lowest BCUT2D eigenvalue weighted by atomic mass is 10.1. The van der Waals surface area contributed by atoms with Gasteiger partial charge >= 0.3 is 0 Å². The molecule has 94 valence electrons. The van der Waals surface area contributed by atoms with Crippen molar-refractivity contribution in [2.24, 2.45) is 11.8 Å². The summed E-state index contributed by atoms with van der Waals surface area (Å²) in [6, 6.07) is 0. The molecule has 5 nitrogen and oxygen atoms in total. The van der Waals surface area contributed by atoms with E-state index in [2.05, 4.69) is 15.4 Å². The lowest BCUT2D eigenvalue weighted by Gasteiger charge is -2.22. The quantitative estimate of drug-likeness (QED) is 0.616. The first-order valence-corrected chi connectivity index (χ1v) is 5.91. The maximum absolute atomic E-state index is 13.6. The van der Waals surface area contributed by atoms with Crippen LogP contribution in [0.1, 0.15) is 25.7 Å². The fraction of sp³-hybridized carbons (Fsp3) is 0.636. The molecule has 0 atom stereocenters. The second kappa shape index (κ2) is 5.27. The second-order valence-corrected chi connectivity index (χ2v) is 4.54. The molecule has 17 heavy (non-hydrogen) atoms. The minimum Gasteiger partial charge on any atom is -0.357 e. The Morgan fingerprint density at radius 2 is 2.24 bits per heavy atom. The predicted octanol–water partition coefficient (Wildman–Crippen LogP) is 1.53. The maximum atomic E-state index is 13.6. The predicted molar refractivity (Wildman–Crippen MR) is 65.0 cm³/mol. The summed E-state index contributed by atoms with van der Waals surface area (Å²) in [5, 5.41) is 0. The zero-order chi connectivity index (χ0) is 12.3. The Morgan fingerprint density at radius 3 is 2.88 bits per heavy atom. The van der Waals surface area contributed by atoms with E-state index in [1.165, 1.54) is 25.7 Å². The molecule has 0 aliphatic heterocycles. The Labute approximate surface area is 100 Å². The third-order valence-corrected chi connectivity index (χ3v) is 3.22. The fourth-order valence-corrected chi connectivity index (χ4v) is 2.36. The number of halogens is 1. The van der Waals surface area contributed by atoms with Gasteiger partial charge in [0.1, 0.15) is 0 Å². The van der Waals surface area contributed by atoms with E-state index in [9.17, 15) is 4.39 Å². The van der Waals surface area contributed by atoms with Crippen molar-refractivity contribution in [2.45, 2.75) is 25.7 Å². The van der Waals surface area contributed by atoms with Crippen LogP contribution >= 0.6 is 0 Å². The molecule has 2 rings (SSSR count). The molecule has 0 saturated heterocycles. The first-order valence-electron chi connectivity index (χ1n) is 5.91. The zero-order valence-electron chi connectivity index (χ0n) is 9.99. The number of nitrogens with one attached hydrogen (secondary N) is 1. The van der Waals surface area contributed by atoms with Crippen molar-refractivity contribution in [1.82, 2.24) is 9.97 Å². The van der Waals surface area contributed by atoms with Crippen molar-refractivity contribution in [2.75, 3.05) is 23.9 Å². The Balaban J connectivity index is 2.08. The summed E-state index contributed by atoms with van der Waals surface area (Å²) in [6.07, 6.45) is 6.14. The number of nitrogen functional groups attached to an aromatic ring is 1. The Bertz CT molecular complexity index is 378. The van der Waals surface area contributed by atoms with Crippen LogP contribution in [0.5, 0.6) is 0 Å². The molecule has 0 aromatic carbocycles. The Hall–Kier alpha value is -1.43. The van der Waals surface area contributed by atoms with E-state index in [1.807, 2.05) is 11.9 Å². The number of nitrogens with two attached hydrogens (primary N) is 1. The van der Waals surface area contributed by atoms with Gasteiger partial charge in [-0.05, 0) is 18.8 Å². The van der Waals surface area contributed by atoms with Gasteiger partial charge in [-0.15, -0.1) is 0 Å². The number of hydrazine groups is 1. The standard InChI is InChI=1S/C11H18FN5/c1-17(7-8-4-2-3-5-8)10-9(12)6-14-11(15-10)16-13/h6,8H,2-5,7,13H2,1H3,(H,14,15,16). The Morgan fingerprint density at radius 1 is 1.53 bits per heavy atom. The summed E-state index contributed by atoms with van der Waals surface area (Å²) in [5.74, 6) is 5.99. The van der Waals surface area contributed by atoms with Gasteiger partial charge in [-0.1, -0.05) is 12.8 Å². The van der Waals surface area contributed by atoms with Crippen LogP contribution in [0, 0.1) is 11.7 Å². The number of hydrogen-bond donors (Lipinski definition) is 2. The molecule has 6 heteroatoms. The first kappa shape index (κ1) is 12.0. The highest BCUT2D eigenvalue weighted by Gasteiger charge is 2.19. The molecule has 1 heterocycles. The van der Waals surface area contributed by atoms with Crippen LogP contribution in [0.15, 0.2) is 6.20 Å². The molecule has 3 N–H and O–H groups in total. The molecular weight excluding hydrogens is 221 g/mol. The second-order valence-electron chi connectivity index (χ2n) is 4.54. The number of hydrogen-bond acceptors (Lipinski definition) is 5. The molecule has 1 aromatic rings. The topological polar surface area (TPSA) is 67.1 Å². The number of anilines is 2. The summed E-state index contributed by atoms with van der Waals surface area (Å²) < 4.78 is 13.6. The van der Waals surface area contributed by atoms with Crippen molar-refractivity contribution < 1.29 is 4.39 Å². The summed E-state index contributed by atoms with van der Waals surface area (Å²) in [6.45, 7) is 0.831. The SMILES string of the molecule is CN(CC1CCCC1)c1nc(NN)ncc1F. The number of nitrogens with zero attached hydrogens (tertiary/aromatic N) is 3. The van der Waals surface area contributed by atoms with Crippen molar-refractivity contribution in [3.05, 3.63) is 12.0 Å². The van der Waals surface area contributed by atoms with Gasteiger partial charge in [0.15, 0.2) is 11.6 Å². The van der Waals surface area contributed by atoms with E-state index in [0.717, 1.165) is 12.7 Å². The molecule has 1 aliphatic carbocycles. The molecule has 0 spiro atoms. The van der Waals surface area contributed by atoms with Gasteiger partial charge in [-0.25, -0.2) is 15.2 Å². The largest absolute Gasteiger partial charge is 0.357 e. The van der Waals surface area contributed by atoms with Crippen LogP contribution in [0.4, 0.5) is 16.2 Å². The van der Waals surface area contributed by atoms with E-state index in [-0.39, 0.29) is 5.95 Å². The minimum atomic E-state index is -0.413. The molecule has 0 radical (unpaired) electrons. The maximum Gasteiger partial charge on any atom is 0.239 e. The minimum absolute atomic E-state index is 0.236. The molecular formula is C11H18FN5.